The first-order valence-electron chi connectivity index (χ1n) is 6.89. The van der Waals surface area contributed by atoms with Gasteiger partial charge in [0.25, 0.3) is 0 Å². The number of ether oxygens (including phenoxy) is 1. The predicted octanol–water partition coefficient (Wildman–Crippen LogP) is 3.81. The van der Waals surface area contributed by atoms with Gasteiger partial charge in [0, 0.05) is 11.8 Å². The molecule has 22 heavy (non-hydrogen) atoms. The Morgan fingerprint density at radius 3 is 2.36 bits per heavy atom. The Morgan fingerprint density at radius 1 is 0.864 bits per heavy atom. The molecular weight excluding hydrogens is 276 g/mol. The highest BCUT2D eigenvalue weighted by Gasteiger charge is 2.11. The van der Waals surface area contributed by atoms with Gasteiger partial charge < -0.3 is 4.74 Å². The molecule has 0 spiro atoms. The van der Waals surface area contributed by atoms with Gasteiger partial charge in [-0.1, -0.05) is 48.5 Å². The lowest BCUT2D eigenvalue weighted by molar-refractivity contribution is 0.444. The third-order valence-corrected chi connectivity index (χ3v) is 3.30. The lowest BCUT2D eigenvalue weighted by atomic mass is 10.1. The maximum Gasteiger partial charge on any atom is 0.324 e. The second kappa shape index (κ2) is 5.29. The monoisotopic (exact) mass is 288 g/mol. The van der Waals surface area contributed by atoms with E-state index in [2.05, 4.69) is 20.2 Å². The molecule has 4 aromatic rings. The maximum absolute atomic E-state index is 5.63. The van der Waals surface area contributed by atoms with E-state index in [4.69, 9.17) is 4.74 Å². The standard InChI is InChI=1S/C17H12N4O/c1-3-7-12(8-4-1)15-14-11-18-17(19-16(14)21-20-15)22-13-9-5-2-6-10-13/h1-11H,(H,18,19,20,21). The van der Waals surface area contributed by atoms with E-state index in [1.807, 2.05) is 60.7 Å². The van der Waals surface area contributed by atoms with Gasteiger partial charge in [-0.2, -0.15) is 10.1 Å². The van der Waals surface area contributed by atoms with Gasteiger partial charge in [-0.3, -0.25) is 5.10 Å². The number of aromatic amines is 1. The van der Waals surface area contributed by atoms with Crippen LogP contribution < -0.4 is 4.74 Å². The van der Waals surface area contributed by atoms with Crippen LogP contribution in [0.5, 0.6) is 11.8 Å². The minimum atomic E-state index is 0.282. The predicted molar refractivity (Wildman–Crippen MR) is 83.6 cm³/mol. The van der Waals surface area contributed by atoms with Gasteiger partial charge in [-0.05, 0) is 12.1 Å². The fraction of sp³-hybridized carbons (Fsp3) is 0. The molecule has 106 valence electrons. The van der Waals surface area contributed by atoms with Gasteiger partial charge in [0.1, 0.15) is 5.75 Å². The molecule has 4 rings (SSSR count). The summed E-state index contributed by atoms with van der Waals surface area (Å²) in [5.74, 6) is 0.695. The number of nitrogens with zero attached hydrogens (tertiary/aromatic N) is 3. The van der Waals surface area contributed by atoms with Crippen molar-refractivity contribution in [2.45, 2.75) is 0 Å². The number of aromatic nitrogens is 4. The van der Waals surface area contributed by atoms with Crippen LogP contribution in [-0.4, -0.2) is 20.2 Å². The molecule has 0 amide bonds. The molecule has 0 atom stereocenters. The summed E-state index contributed by atoms with van der Waals surface area (Å²) in [6.45, 7) is 0. The van der Waals surface area contributed by atoms with Crippen LogP contribution in [0.4, 0.5) is 0 Å². The third kappa shape index (κ3) is 2.29. The molecule has 2 aromatic heterocycles. The smallest absolute Gasteiger partial charge is 0.324 e. The van der Waals surface area contributed by atoms with Crippen LogP contribution in [0.3, 0.4) is 0 Å². The molecule has 0 unspecified atom stereocenters. The van der Waals surface area contributed by atoms with E-state index in [1.54, 1.807) is 6.20 Å². The van der Waals surface area contributed by atoms with Crippen molar-refractivity contribution >= 4 is 11.0 Å². The van der Waals surface area contributed by atoms with Crippen molar-refractivity contribution in [2.75, 3.05) is 0 Å². The number of H-pyrrole nitrogens is 1. The lowest BCUT2D eigenvalue weighted by Crippen LogP contribution is -1.91. The van der Waals surface area contributed by atoms with Gasteiger partial charge in [0.15, 0.2) is 5.65 Å². The fourth-order valence-electron chi connectivity index (χ4n) is 2.26. The first kappa shape index (κ1) is 12.5. The first-order valence-corrected chi connectivity index (χ1v) is 6.89. The summed E-state index contributed by atoms with van der Waals surface area (Å²) in [5.41, 5.74) is 2.53. The van der Waals surface area contributed by atoms with Crippen molar-refractivity contribution in [1.82, 2.24) is 20.2 Å². The Kier molecular flexibility index (Phi) is 3.01. The van der Waals surface area contributed by atoms with Crippen LogP contribution in [0.25, 0.3) is 22.3 Å². The number of hydrogen-bond donors (Lipinski definition) is 1. The molecule has 0 bridgehead atoms. The molecule has 5 nitrogen and oxygen atoms in total. The molecule has 0 radical (unpaired) electrons. The quantitative estimate of drug-likeness (QED) is 0.622. The van der Waals surface area contributed by atoms with Crippen molar-refractivity contribution in [3.63, 3.8) is 0 Å². The Hall–Kier alpha value is -3.21. The van der Waals surface area contributed by atoms with E-state index in [0.29, 0.717) is 11.4 Å². The Morgan fingerprint density at radius 2 is 1.59 bits per heavy atom. The summed E-state index contributed by atoms with van der Waals surface area (Å²) in [5, 5.41) is 8.12. The van der Waals surface area contributed by atoms with Crippen LogP contribution in [0, 0.1) is 0 Å². The van der Waals surface area contributed by atoms with Crippen LogP contribution in [-0.2, 0) is 0 Å². The molecule has 0 aliphatic carbocycles. The zero-order chi connectivity index (χ0) is 14.8. The van der Waals surface area contributed by atoms with E-state index in [0.717, 1.165) is 16.6 Å². The molecule has 0 fully saturated rings. The van der Waals surface area contributed by atoms with Gasteiger partial charge in [-0.15, -0.1) is 0 Å². The molecule has 0 aliphatic rings. The van der Waals surface area contributed by atoms with Crippen LogP contribution >= 0.6 is 0 Å². The second-order valence-electron chi connectivity index (χ2n) is 4.77. The largest absolute Gasteiger partial charge is 0.424 e. The summed E-state index contributed by atoms with van der Waals surface area (Å²) < 4.78 is 5.63. The molecule has 2 heterocycles. The molecule has 0 saturated heterocycles. The van der Waals surface area contributed by atoms with E-state index in [-0.39, 0.29) is 6.01 Å². The van der Waals surface area contributed by atoms with E-state index in [9.17, 15) is 0 Å². The van der Waals surface area contributed by atoms with Crippen molar-refractivity contribution in [3.8, 4) is 23.0 Å². The summed E-state index contributed by atoms with van der Waals surface area (Å²) in [4.78, 5) is 8.61. The van der Waals surface area contributed by atoms with Gasteiger partial charge in [0.05, 0.1) is 11.1 Å². The topological polar surface area (TPSA) is 63.7 Å². The van der Waals surface area contributed by atoms with Crippen LogP contribution in [0.2, 0.25) is 0 Å². The highest BCUT2D eigenvalue weighted by molar-refractivity contribution is 5.90. The maximum atomic E-state index is 5.63. The number of fused-ring (bicyclic) bond motifs is 1. The molecule has 1 N–H and O–H groups in total. The normalized spacial score (nSPS) is 10.7. The minimum Gasteiger partial charge on any atom is -0.424 e. The minimum absolute atomic E-state index is 0.282. The summed E-state index contributed by atoms with van der Waals surface area (Å²) >= 11 is 0. The van der Waals surface area contributed by atoms with Crippen molar-refractivity contribution in [1.29, 1.82) is 0 Å². The first-order chi connectivity index (χ1) is 10.9. The fourth-order valence-corrected chi connectivity index (χ4v) is 2.26. The van der Waals surface area contributed by atoms with Crippen molar-refractivity contribution in [3.05, 3.63) is 66.9 Å². The number of nitrogens with one attached hydrogen (secondary N) is 1. The lowest BCUT2D eigenvalue weighted by Gasteiger charge is -2.02. The van der Waals surface area contributed by atoms with Crippen LogP contribution in [0.15, 0.2) is 66.9 Å². The average Bonchev–Trinajstić information content (AvgIpc) is 3.00. The zero-order valence-electron chi connectivity index (χ0n) is 11.6. The SMILES string of the molecule is c1ccc(Oc2ncc3c(-c4ccccc4)[nH]nc3n2)cc1. The number of para-hydroxylation sites is 1. The van der Waals surface area contributed by atoms with Crippen molar-refractivity contribution < 1.29 is 4.74 Å². The van der Waals surface area contributed by atoms with Gasteiger partial charge in [0.2, 0.25) is 0 Å². The van der Waals surface area contributed by atoms with E-state index >= 15 is 0 Å². The highest BCUT2D eigenvalue weighted by atomic mass is 16.5. The molecule has 5 heteroatoms. The Balaban J connectivity index is 1.71. The van der Waals surface area contributed by atoms with Crippen LogP contribution in [0.1, 0.15) is 0 Å². The van der Waals surface area contributed by atoms with Gasteiger partial charge in [-0.25, -0.2) is 4.98 Å². The Bertz CT molecular complexity index is 904. The Labute approximate surface area is 126 Å². The number of rotatable bonds is 3. The third-order valence-electron chi connectivity index (χ3n) is 3.30. The van der Waals surface area contributed by atoms with E-state index in [1.165, 1.54) is 0 Å². The number of hydrogen-bond acceptors (Lipinski definition) is 4. The average molecular weight is 288 g/mol. The molecule has 0 saturated carbocycles. The summed E-state index contributed by atoms with van der Waals surface area (Å²) in [6, 6.07) is 19.7. The molecular formula is C17H12N4O. The van der Waals surface area contributed by atoms with Crippen molar-refractivity contribution in [2.24, 2.45) is 0 Å². The summed E-state index contributed by atoms with van der Waals surface area (Å²) in [6.07, 6.45) is 1.73. The molecule has 2 aromatic carbocycles. The number of benzene rings is 2. The van der Waals surface area contributed by atoms with E-state index < -0.39 is 0 Å². The van der Waals surface area contributed by atoms with Gasteiger partial charge >= 0.3 is 6.01 Å². The summed E-state index contributed by atoms with van der Waals surface area (Å²) in [7, 11) is 0. The second-order valence-corrected chi connectivity index (χ2v) is 4.77. The molecule has 0 aliphatic heterocycles. The highest BCUT2D eigenvalue weighted by Crippen LogP contribution is 2.26. The zero-order valence-corrected chi connectivity index (χ0v) is 11.6.